The first kappa shape index (κ1) is 18.0. The summed E-state index contributed by atoms with van der Waals surface area (Å²) in [6.07, 6.45) is 4.81. The smallest absolute Gasteiger partial charge is 0.219 e. The molecule has 0 saturated heterocycles. The lowest BCUT2D eigenvalue weighted by atomic mass is 9.99. The van der Waals surface area contributed by atoms with Crippen molar-refractivity contribution in [2.24, 2.45) is 14.1 Å². The van der Waals surface area contributed by atoms with E-state index >= 15 is 0 Å². The molecule has 0 bridgehead atoms. The number of carbonyl (C=O) groups is 1. The molecule has 0 saturated carbocycles. The molecule has 0 N–H and O–H groups in total. The molecule has 0 radical (unpaired) electrons. The summed E-state index contributed by atoms with van der Waals surface area (Å²) in [6.45, 7) is 6.22. The van der Waals surface area contributed by atoms with Crippen LogP contribution in [0.1, 0.15) is 36.6 Å². The molecule has 5 rings (SSSR count). The Labute approximate surface area is 170 Å². The predicted molar refractivity (Wildman–Crippen MR) is 112 cm³/mol. The standard InChI is InChI=1S/C22H26N6O/c1-14-11-28(21-6-5-16(9-18(14)21)17-10-23-25(3)12-17)22-19-13-27(15(2)29)8-7-20(19)26(4)24-22/h5-6,9-10,12,14H,7-8,11,13H2,1-4H3. The minimum atomic E-state index is 0.127. The monoisotopic (exact) mass is 390 g/mol. The third kappa shape index (κ3) is 2.84. The van der Waals surface area contributed by atoms with Crippen LogP contribution in [0.4, 0.5) is 11.5 Å². The molecule has 0 spiro atoms. The van der Waals surface area contributed by atoms with Gasteiger partial charge in [0.1, 0.15) is 0 Å². The van der Waals surface area contributed by atoms with E-state index in [-0.39, 0.29) is 5.91 Å². The van der Waals surface area contributed by atoms with Gasteiger partial charge in [-0.25, -0.2) is 0 Å². The highest BCUT2D eigenvalue weighted by atomic mass is 16.2. The number of carbonyl (C=O) groups excluding carboxylic acids is 1. The van der Waals surface area contributed by atoms with Crippen LogP contribution in [-0.2, 0) is 31.9 Å². The first-order chi connectivity index (χ1) is 13.9. The summed E-state index contributed by atoms with van der Waals surface area (Å²) in [7, 11) is 3.95. The van der Waals surface area contributed by atoms with E-state index < -0.39 is 0 Å². The van der Waals surface area contributed by atoms with Crippen molar-refractivity contribution >= 4 is 17.4 Å². The Morgan fingerprint density at radius 1 is 1.21 bits per heavy atom. The van der Waals surface area contributed by atoms with E-state index in [0.29, 0.717) is 12.5 Å². The topological polar surface area (TPSA) is 59.2 Å². The molecule has 7 heteroatoms. The second kappa shape index (κ2) is 6.47. The fourth-order valence-corrected chi connectivity index (χ4v) is 4.67. The van der Waals surface area contributed by atoms with Crippen molar-refractivity contribution < 1.29 is 4.79 Å². The molecule has 7 nitrogen and oxygen atoms in total. The third-order valence-electron chi connectivity index (χ3n) is 6.27. The summed E-state index contributed by atoms with van der Waals surface area (Å²) in [5.74, 6) is 1.53. The van der Waals surface area contributed by atoms with Gasteiger partial charge in [0.25, 0.3) is 0 Å². The van der Waals surface area contributed by atoms with Crippen LogP contribution in [0.3, 0.4) is 0 Å². The normalized spacial score (nSPS) is 18.1. The Hall–Kier alpha value is -3.09. The van der Waals surface area contributed by atoms with Crippen LogP contribution in [-0.4, -0.2) is 43.5 Å². The van der Waals surface area contributed by atoms with Crippen LogP contribution in [0.15, 0.2) is 30.6 Å². The van der Waals surface area contributed by atoms with Gasteiger partial charge in [-0.05, 0) is 23.3 Å². The number of amides is 1. The fourth-order valence-electron chi connectivity index (χ4n) is 4.67. The first-order valence-corrected chi connectivity index (χ1v) is 10.1. The van der Waals surface area contributed by atoms with E-state index in [2.05, 4.69) is 35.1 Å². The average Bonchev–Trinajstić information content (AvgIpc) is 3.37. The van der Waals surface area contributed by atoms with Crippen LogP contribution < -0.4 is 4.90 Å². The summed E-state index contributed by atoms with van der Waals surface area (Å²) in [4.78, 5) is 16.2. The molecule has 1 unspecified atom stereocenters. The van der Waals surface area contributed by atoms with Gasteiger partial charge in [0.2, 0.25) is 5.91 Å². The Balaban J connectivity index is 1.55. The molecule has 1 amide bonds. The largest absolute Gasteiger partial charge is 0.338 e. The molecule has 3 aromatic rings. The number of aromatic nitrogens is 4. The number of rotatable bonds is 2. The molecule has 2 aliphatic rings. The van der Waals surface area contributed by atoms with Crippen molar-refractivity contribution in [2.45, 2.75) is 32.7 Å². The van der Waals surface area contributed by atoms with Crippen LogP contribution in [0, 0.1) is 0 Å². The van der Waals surface area contributed by atoms with Crippen molar-refractivity contribution in [1.29, 1.82) is 0 Å². The molecule has 150 valence electrons. The van der Waals surface area contributed by atoms with E-state index in [0.717, 1.165) is 30.9 Å². The number of anilines is 2. The second-order valence-electron chi connectivity index (χ2n) is 8.25. The summed E-state index contributed by atoms with van der Waals surface area (Å²) in [5.41, 5.74) is 7.30. The zero-order valence-corrected chi connectivity index (χ0v) is 17.4. The number of aryl methyl sites for hydroxylation is 2. The van der Waals surface area contributed by atoms with E-state index in [9.17, 15) is 4.79 Å². The Morgan fingerprint density at radius 2 is 2.03 bits per heavy atom. The average molecular weight is 390 g/mol. The first-order valence-electron chi connectivity index (χ1n) is 10.1. The van der Waals surface area contributed by atoms with Crippen molar-refractivity contribution in [3.05, 3.63) is 47.4 Å². The number of nitrogens with zero attached hydrogens (tertiary/aromatic N) is 6. The second-order valence-corrected chi connectivity index (χ2v) is 8.25. The summed E-state index contributed by atoms with van der Waals surface area (Å²) < 4.78 is 3.83. The fraction of sp³-hybridized carbons (Fsp3) is 0.409. The molecule has 0 fully saturated rings. The number of fused-ring (bicyclic) bond motifs is 2. The van der Waals surface area contributed by atoms with Crippen LogP contribution >= 0.6 is 0 Å². The van der Waals surface area contributed by atoms with Gasteiger partial charge < -0.3 is 9.80 Å². The maximum atomic E-state index is 12.0. The van der Waals surface area contributed by atoms with Gasteiger partial charge in [0, 0.05) is 75.2 Å². The van der Waals surface area contributed by atoms with Gasteiger partial charge >= 0.3 is 0 Å². The van der Waals surface area contributed by atoms with Crippen LogP contribution in [0.25, 0.3) is 11.1 Å². The molecule has 1 aromatic carbocycles. The zero-order valence-electron chi connectivity index (χ0n) is 17.4. The minimum Gasteiger partial charge on any atom is -0.338 e. The molecule has 2 aromatic heterocycles. The van der Waals surface area contributed by atoms with Crippen molar-refractivity contribution in [1.82, 2.24) is 24.5 Å². The quantitative estimate of drug-likeness (QED) is 0.675. The van der Waals surface area contributed by atoms with E-state index in [1.165, 1.54) is 28.1 Å². The van der Waals surface area contributed by atoms with Gasteiger partial charge in [-0.15, -0.1) is 0 Å². The molecule has 29 heavy (non-hydrogen) atoms. The molecule has 4 heterocycles. The maximum Gasteiger partial charge on any atom is 0.219 e. The third-order valence-corrected chi connectivity index (χ3v) is 6.27. The van der Waals surface area contributed by atoms with Crippen molar-refractivity contribution in [3.63, 3.8) is 0 Å². The molecule has 2 aliphatic heterocycles. The van der Waals surface area contributed by atoms with E-state index in [1.807, 2.05) is 40.8 Å². The van der Waals surface area contributed by atoms with Gasteiger partial charge in [-0.3, -0.25) is 14.2 Å². The number of hydrogen-bond acceptors (Lipinski definition) is 4. The molecule has 1 atom stereocenters. The highest BCUT2D eigenvalue weighted by molar-refractivity contribution is 5.77. The zero-order chi connectivity index (χ0) is 20.3. The Morgan fingerprint density at radius 3 is 2.76 bits per heavy atom. The summed E-state index contributed by atoms with van der Waals surface area (Å²) in [5, 5.41) is 9.18. The minimum absolute atomic E-state index is 0.127. The highest BCUT2D eigenvalue weighted by Gasteiger charge is 2.33. The van der Waals surface area contributed by atoms with Gasteiger partial charge in [0.05, 0.1) is 12.7 Å². The van der Waals surface area contributed by atoms with Gasteiger partial charge in [0.15, 0.2) is 5.82 Å². The van der Waals surface area contributed by atoms with Gasteiger partial charge in [-0.1, -0.05) is 13.0 Å². The molecular formula is C22H26N6O. The summed E-state index contributed by atoms with van der Waals surface area (Å²) >= 11 is 0. The van der Waals surface area contributed by atoms with Crippen LogP contribution in [0.5, 0.6) is 0 Å². The molecule has 0 aliphatic carbocycles. The lowest BCUT2D eigenvalue weighted by molar-refractivity contribution is -0.129. The highest BCUT2D eigenvalue weighted by Crippen LogP contribution is 2.44. The SMILES string of the molecule is CC(=O)N1CCc2c(c(N3CC(C)c4cc(-c5cnn(C)c5)ccc43)nn2C)C1. The summed E-state index contributed by atoms with van der Waals surface area (Å²) in [6, 6.07) is 6.65. The van der Waals surface area contributed by atoms with Crippen molar-refractivity contribution in [2.75, 3.05) is 18.0 Å². The number of benzene rings is 1. The lowest BCUT2D eigenvalue weighted by Crippen LogP contribution is -2.35. The van der Waals surface area contributed by atoms with E-state index in [4.69, 9.17) is 5.10 Å². The number of hydrogen-bond donors (Lipinski definition) is 0. The Bertz CT molecular complexity index is 1110. The van der Waals surface area contributed by atoms with Gasteiger partial charge in [-0.2, -0.15) is 10.2 Å². The molecular weight excluding hydrogens is 364 g/mol. The lowest BCUT2D eigenvalue weighted by Gasteiger charge is -2.28. The van der Waals surface area contributed by atoms with E-state index in [1.54, 1.807) is 6.92 Å². The maximum absolute atomic E-state index is 12.0. The van der Waals surface area contributed by atoms with Crippen molar-refractivity contribution in [3.8, 4) is 11.1 Å². The Kier molecular flexibility index (Phi) is 4.01. The predicted octanol–water partition coefficient (Wildman–Crippen LogP) is 2.98. The van der Waals surface area contributed by atoms with Crippen LogP contribution in [0.2, 0.25) is 0 Å².